The molecule has 3 rings (SSSR count). The molecule has 148 valence electrons. The van der Waals surface area contributed by atoms with Crippen molar-refractivity contribution in [3.8, 4) is 5.75 Å². The molecule has 0 aliphatic rings. The number of benzene rings is 2. The summed E-state index contributed by atoms with van der Waals surface area (Å²) in [6, 6.07) is 12.8. The quantitative estimate of drug-likeness (QED) is 0.581. The summed E-state index contributed by atoms with van der Waals surface area (Å²) in [6.07, 6.45) is 1.65. The van der Waals surface area contributed by atoms with Crippen molar-refractivity contribution in [3.63, 3.8) is 0 Å². The predicted octanol–water partition coefficient (Wildman–Crippen LogP) is 4.95. The highest BCUT2D eigenvalue weighted by Crippen LogP contribution is 2.33. The van der Waals surface area contributed by atoms with Crippen molar-refractivity contribution >= 4 is 27.3 Å². The maximum absolute atomic E-state index is 14.3. The van der Waals surface area contributed by atoms with Crippen LogP contribution in [0.2, 0.25) is 0 Å². The van der Waals surface area contributed by atoms with Crippen LogP contribution in [0.4, 0.5) is 4.39 Å². The smallest absolute Gasteiger partial charge is 0.261 e. The first kappa shape index (κ1) is 20.3. The van der Waals surface area contributed by atoms with Crippen molar-refractivity contribution in [3.05, 3.63) is 64.3 Å². The van der Waals surface area contributed by atoms with Crippen LogP contribution in [0, 0.1) is 5.82 Å². The van der Waals surface area contributed by atoms with Crippen molar-refractivity contribution in [1.29, 1.82) is 0 Å². The highest BCUT2D eigenvalue weighted by atomic mass is 32.1. The van der Waals surface area contributed by atoms with Gasteiger partial charge in [0.1, 0.15) is 11.6 Å². The Hall–Kier alpha value is -2.44. The molecule has 0 fully saturated rings. The first-order chi connectivity index (χ1) is 13.5. The summed E-state index contributed by atoms with van der Waals surface area (Å²) in [5.41, 5.74) is 1.80. The fourth-order valence-electron chi connectivity index (χ4n) is 3.17. The van der Waals surface area contributed by atoms with E-state index >= 15 is 0 Å². The third-order valence-corrected chi connectivity index (χ3v) is 5.86. The first-order valence-corrected chi connectivity index (χ1v) is 9.97. The van der Waals surface area contributed by atoms with Crippen molar-refractivity contribution in [2.24, 2.45) is 0 Å². The highest BCUT2D eigenvalue weighted by Gasteiger charge is 2.21. The van der Waals surface area contributed by atoms with E-state index in [0.717, 1.165) is 23.3 Å². The van der Waals surface area contributed by atoms with Gasteiger partial charge in [-0.2, -0.15) is 0 Å². The van der Waals surface area contributed by atoms with Crippen LogP contribution in [0.15, 0.2) is 42.5 Å². The standard InChI is InChI=1S/C22H24FNO3S/c1-14(7-8-15-9-11-16(27-3)12-10-15)24-22(25)21-17(13-26-2)20-18(23)5-4-6-19(20)28-21/h4-6,9-12,14H,7-8,13H2,1-3H3,(H,24,25). The maximum atomic E-state index is 14.3. The number of hydrogen-bond acceptors (Lipinski definition) is 4. The summed E-state index contributed by atoms with van der Waals surface area (Å²) >= 11 is 1.30. The Morgan fingerprint density at radius 2 is 1.93 bits per heavy atom. The van der Waals surface area contributed by atoms with E-state index < -0.39 is 0 Å². The topological polar surface area (TPSA) is 47.6 Å². The van der Waals surface area contributed by atoms with E-state index in [0.29, 0.717) is 15.8 Å². The van der Waals surface area contributed by atoms with Gasteiger partial charge in [0, 0.05) is 28.8 Å². The van der Waals surface area contributed by atoms with Gasteiger partial charge in [0.25, 0.3) is 5.91 Å². The van der Waals surface area contributed by atoms with Gasteiger partial charge in [0.2, 0.25) is 0 Å². The number of fused-ring (bicyclic) bond motifs is 1. The lowest BCUT2D eigenvalue weighted by atomic mass is 10.1. The average Bonchev–Trinajstić information content (AvgIpc) is 3.07. The molecule has 3 aromatic rings. The van der Waals surface area contributed by atoms with Crippen molar-refractivity contribution in [2.45, 2.75) is 32.4 Å². The van der Waals surface area contributed by atoms with E-state index in [1.54, 1.807) is 20.3 Å². The van der Waals surface area contributed by atoms with E-state index in [1.807, 2.05) is 37.3 Å². The molecule has 1 heterocycles. The van der Waals surface area contributed by atoms with Gasteiger partial charge in [-0.15, -0.1) is 11.3 Å². The molecule has 0 saturated heterocycles. The van der Waals surface area contributed by atoms with Crippen LogP contribution >= 0.6 is 11.3 Å². The maximum Gasteiger partial charge on any atom is 0.261 e. The van der Waals surface area contributed by atoms with E-state index in [4.69, 9.17) is 9.47 Å². The number of rotatable bonds is 8. The van der Waals surface area contributed by atoms with Crippen LogP contribution < -0.4 is 10.1 Å². The Labute approximate surface area is 168 Å². The molecule has 0 spiro atoms. The SMILES string of the molecule is COCc1c(C(=O)NC(C)CCc2ccc(OC)cc2)sc2cccc(F)c12. The molecular formula is C22H24FNO3S. The van der Waals surface area contributed by atoms with Crippen LogP contribution in [0.25, 0.3) is 10.1 Å². The fourth-order valence-corrected chi connectivity index (χ4v) is 4.29. The van der Waals surface area contributed by atoms with E-state index in [-0.39, 0.29) is 24.4 Å². The van der Waals surface area contributed by atoms with E-state index in [2.05, 4.69) is 5.32 Å². The summed E-state index contributed by atoms with van der Waals surface area (Å²) in [5, 5.41) is 3.51. The second kappa shape index (κ2) is 9.17. The number of aryl methyl sites for hydroxylation is 1. The number of ether oxygens (including phenoxy) is 2. The predicted molar refractivity (Wildman–Crippen MR) is 111 cm³/mol. The molecule has 2 aromatic carbocycles. The number of thiophene rings is 1. The number of nitrogens with one attached hydrogen (secondary N) is 1. The van der Waals surface area contributed by atoms with Crippen LogP contribution in [-0.4, -0.2) is 26.2 Å². The Bertz CT molecular complexity index is 952. The van der Waals surface area contributed by atoms with Crippen molar-refractivity contribution < 1.29 is 18.7 Å². The minimum atomic E-state index is -0.326. The van der Waals surface area contributed by atoms with Crippen LogP contribution in [-0.2, 0) is 17.8 Å². The molecule has 6 heteroatoms. The monoisotopic (exact) mass is 401 g/mol. The third-order valence-electron chi connectivity index (χ3n) is 4.66. The lowest BCUT2D eigenvalue weighted by Crippen LogP contribution is -2.33. The molecule has 0 radical (unpaired) electrons. The summed E-state index contributed by atoms with van der Waals surface area (Å²) in [5.74, 6) is 0.315. The highest BCUT2D eigenvalue weighted by molar-refractivity contribution is 7.21. The second-order valence-corrected chi connectivity index (χ2v) is 7.77. The van der Waals surface area contributed by atoms with Crippen LogP contribution in [0.1, 0.15) is 34.1 Å². The van der Waals surface area contributed by atoms with Gasteiger partial charge in [-0.25, -0.2) is 4.39 Å². The molecule has 28 heavy (non-hydrogen) atoms. The second-order valence-electron chi connectivity index (χ2n) is 6.72. The van der Waals surface area contributed by atoms with E-state index in [9.17, 15) is 9.18 Å². The Morgan fingerprint density at radius 3 is 2.61 bits per heavy atom. The summed E-state index contributed by atoms with van der Waals surface area (Å²) in [4.78, 5) is 13.3. The number of amides is 1. The Morgan fingerprint density at radius 1 is 1.18 bits per heavy atom. The Kier molecular flexibility index (Phi) is 6.65. The molecule has 1 aromatic heterocycles. The molecule has 0 aliphatic carbocycles. The fraction of sp³-hybridized carbons (Fsp3) is 0.318. The number of hydrogen-bond donors (Lipinski definition) is 1. The first-order valence-electron chi connectivity index (χ1n) is 9.16. The molecule has 4 nitrogen and oxygen atoms in total. The van der Waals surface area contributed by atoms with Crippen molar-refractivity contribution in [1.82, 2.24) is 5.32 Å². The van der Waals surface area contributed by atoms with Crippen molar-refractivity contribution in [2.75, 3.05) is 14.2 Å². The molecule has 0 aliphatic heterocycles. The van der Waals surface area contributed by atoms with E-state index in [1.165, 1.54) is 23.0 Å². The van der Waals surface area contributed by atoms with Gasteiger partial charge in [-0.3, -0.25) is 4.79 Å². The summed E-state index contributed by atoms with van der Waals surface area (Å²) in [7, 11) is 3.19. The zero-order chi connectivity index (χ0) is 20.1. The lowest BCUT2D eigenvalue weighted by Gasteiger charge is -2.14. The minimum absolute atomic E-state index is 0.0138. The molecule has 0 bridgehead atoms. The number of carbonyl (C=O) groups excluding carboxylic acids is 1. The van der Waals surface area contributed by atoms with Gasteiger partial charge in [-0.1, -0.05) is 18.2 Å². The molecule has 1 N–H and O–H groups in total. The normalized spacial score (nSPS) is 12.1. The number of carbonyl (C=O) groups is 1. The van der Waals surface area contributed by atoms with Gasteiger partial charge in [0.15, 0.2) is 0 Å². The molecule has 1 amide bonds. The minimum Gasteiger partial charge on any atom is -0.497 e. The molecule has 1 atom stereocenters. The van der Waals surface area contributed by atoms with Gasteiger partial charge in [0.05, 0.1) is 18.6 Å². The average molecular weight is 402 g/mol. The molecule has 1 unspecified atom stereocenters. The van der Waals surface area contributed by atoms with Gasteiger partial charge >= 0.3 is 0 Å². The zero-order valence-corrected chi connectivity index (χ0v) is 17.1. The summed E-state index contributed by atoms with van der Waals surface area (Å²) < 4.78 is 25.4. The molecular weight excluding hydrogens is 377 g/mol. The number of methoxy groups -OCH3 is 2. The number of halogens is 1. The third kappa shape index (κ3) is 4.51. The van der Waals surface area contributed by atoms with Gasteiger partial charge in [-0.05, 0) is 49.6 Å². The Balaban J connectivity index is 1.69. The molecule has 0 saturated carbocycles. The zero-order valence-electron chi connectivity index (χ0n) is 16.3. The van der Waals surface area contributed by atoms with Gasteiger partial charge < -0.3 is 14.8 Å². The largest absolute Gasteiger partial charge is 0.497 e. The van der Waals surface area contributed by atoms with Crippen LogP contribution in [0.3, 0.4) is 0 Å². The summed E-state index contributed by atoms with van der Waals surface area (Å²) in [6.45, 7) is 2.18. The lowest BCUT2D eigenvalue weighted by molar-refractivity contribution is 0.0938. The van der Waals surface area contributed by atoms with Crippen LogP contribution in [0.5, 0.6) is 5.75 Å².